The number of hydrogen-bond donors (Lipinski definition) is 0. The molecule has 6 nitrogen and oxygen atoms in total. The van der Waals surface area contributed by atoms with E-state index in [2.05, 4.69) is 9.97 Å². The van der Waals surface area contributed by atoms with E-state index in [4.69, 9.17) is 21.6 Å². The highest BCUT2D eigenvalue weighted by molar-refractivity contribution is 7.09. The highest BCUT2D eigenvalue weighted by atomic mass is 35.5. The zero-order valence-corrected chi connectivity index (χ0v) is 13.0. The van der Waals surface area contributed by atoms with Crippen molar-refractivity contribution in [2.45, 2.75) is 12.8 Å². The molecule has 0 saturated heterocycles. The lowest BCUT2D eigenvalue weighted by Gasteiger charge is -2.06. The van der Waals surface area contributed by atoms with Crippen LogP contribution in [0.3, 0.4) is 0 Å². The smallest absolute Gasteiger partial charge is 0.340 e. The van der Waals surface area contributed by atoms with Crippen LogP contribution in [0, 0.1) is 18.3 Å². The highest BCUT2D eigenvalue weighted by Gasteiger charge is 2.24. The molecular weight excluding hydrogens is 326 g/mol. The van der Waals surface area contributed by atoms with Crippen LogP contribution in [0.1, 0.15) is 27.0 Å². The number of Topliss-reactive ketones (excluding diaryl/α,β-unsaturated/α-hetero) is 1. The molecule has 0 spiro atoms. The van der Waals surface area contributed by atoms with Crippen molar-refractivity contribution in [1.29, 1.82) is 5.26 Å². The average Bonchev–Trinajstić information content (AvgIpc) is 2.92. The van der Waals surface area contributed by atoms with E-state index >= 15 is 0 Å². The molecule has 0 aliphatic carbocycles. The van der Waals surface area contributed by atoms with Crippen LogP contribution in [0.15, 0.2) is 23.7 Å². The van der Waals surface area contributed by atoms with Crippen molar-refractivity contribution in [3.63, 3.8) is 0 Å². The molecule has 2 rings (SSSR count). The van der Waals surface area contributed by atoms with E-state index in [1.54, 1.807) is 12.3 Å². The average molecular weight is 336 g/mol. The molecule has 0 aliphatic heterocycles. The number of pyridine rings is 1. The van der Waals surface area contributed by atoms with Gasteiger partial charge in [-0.2, -0.15) is 5.26 Å². The van der Waals surface area contributed by atoms with Crippen molar-refractivity contribution in [2.24, 2.45) is 0 Å². The summed E-state index contributed by atoms with van der Waals surface area (Å²) in [6.07, 6.45) is 1.25. The highest BCUT2D eigenvalue weighted by Crippen LogP contribution is 2.20. The molecule has 2 heterocycles. The second-order valence-electron chi connectivity index (χ2n) is 4.30. The van der Waals surface area contributed by atoms with Crippen molar-refractivity contribution in [1.82, 2.24) is 9.97 Å². The Kier molecular flexibility index (Phi) is 5.20. The molecule has 2 aromatic rings. The number of rotatable bonds is 5. The topological polar surface area (TPSA) is 92.9 Å². The second-order valence-corrected chi connectivity index (χ2v) is 5.58. The molecule has 8 heteroatoms. The van der Waals surface area contributed by atoms with Gasteiger partial charge in [0.05, 0.1) is 11.6 Å². The van der Waals surface area contributed by atoms with E-state index in [1.807, 2.05) is 6.07 Å². The number of aromatic nitrogens is 2. The van der Waals surface area contributed by atoms with Gasteiger partial charge in [-0.1, -0.05) is 11.6 Å². The van der Waals surface area contributed by atoms with Crippen molar-refractivity contribution >= 4 is 34.7 Å². The zero-order valence-electron chi connectivity index (χ0n) is 11.4. The van der Waals surface area contributed by atoms with E-state index in [1.165, 1.54) is 29.7 Å². The van der Waals surface area contributed by atoms with Crippen molar-refractivity contribution in [3.05, 3.63) is 45.1 Å². The lowest BCUT2D eigenvalue weighted by Crippen LogP contribution is -2.20. The molecule has 0 aromatic carbocycles. The molecule has 0 fully saturated rings. The fraction of sp³-hybridized carbons (Fsp3) is 0.214. The van der Waals surface area contributed by atoms with Gasteiger partial charge in [0, 0.05) is 17.3 Å². The number of esters is 1. The van der Waals surface area contributed by atoms with E-state index in [0.29, 0.717) is 5.01 Å². The Morgan fingerprint density at radius 1 is 1.50 bits per heavy atom. The van der Waals surface area contributed by atoms with E-state index in [-0.39, 0.29) is 10.7 Å². The van der Waals surface area contributed by atoms with Crippen LogP contribution >= 0.6 is 22.9 Å². The minimum absolute atomic E-state index is 0.177. The monoisotopic (exact) mass is 335 g/mol. The van der Waals surface area contributed by atoms with Crippen LogP contribution in [0.25, 0.3) is 0 Å². The minimum Gasteiger partial charge on any atom is -0.454 e. The van der Waals surface area contributed by atoms with E-state index < -0.39 is 24.3 Å². The summed E-state index contributed by atoms with van der Waals surface area (Å²) < 4.78 is 4.90. The summed E-state index contributed by atoms with van der Waals surface area (Å²) in [6, 6.07) is 4.76. The fourth-order valence-corrected chi connectivity index (χ4v) is 2.54. The molecule has 0 N–H and O–H groups in total. The Morgan fingerprint density at radius 2 is 2.27 bits per heavy atom. The quantitative estimate of drug-likeness (QED) is 0.615. The Morgan fingerprint density at radius 3 is 2.82 bits per heavy atom. The lowest BCUT2D eigenvalue weighted by molar-refractivity contribution is -0.122. The van der Waals surface area contributed by atoms with Crippen LogP contribution in [-0.4, -0.2) is 28.3 Å². The molecule has 112 valence electrons. The van der Waals surface area contributed by atoms with Gasteiger partial charge >= 0.3 is 5.97 Å². The SMILES string of the molecule is Cc1csc([C@H](C#N)C(=O)COC(=O)c2ccc(Cl)nc2)n1. The Hall–Kier alpha value is -2.30. The van der Waals surface area contributed by atoms with Gasteiger partial charge in [0.15, 0.2) is 18.3 Å². The number of carbonyl (C=O) groups excluding carboxylic acids is 2. The lowest BCUT2D eigenvalue weighted by atomic mass is 10.1. The number of thiazole rings is 1. The molecule has 22 heavy (non-hydrogen) atoms. The maximum atomic E-state index is 12.0. The third-order valence-electron chi connectivity index (χ3n) is 2.64. The van der Waals surface area contributed by atoms with Crippen LogP contribution in [0.4, 0.5) is 0 Å². The van der Waals surface area contributed by atoms with Crippen molar-refractivity contribution in [3.8, 4) is 6.07 Å². The van der Waals surface area contributed by atoms with Crippen LogP contribution < -0.4 is 0 Å². The van der Waals surface area contributed by atoms with Crippen LogP contribution in [0.2, 0.25) is 5.15 Å². The second kappa shape index (κ2) is 7.11. The first-order valence-electron chi connectivity index (χ1n) is 6.14. The maximum Gasteiger partial charge on any atom is 0.340 e. The summed E-state index contributed by atoms with van der Waals surface area (Å²) in [7, 11) is 0. The van der Waals surface area contributed by atoms with Gasteiger partial charge in [0.1, 0.15) is 10.2 Å². The largest absolute Gasteiger partial charge is 0.454 e. The van der Waals surface area contributed by atoms with Gasteiger partial charge in [-0.3, -0.25) is 4.79 Å². The Balaban J connectivity index is 1.98. The normalized spacial score (nSPS) is 11.5. The van der Waals surface area contributed by atoms with E-state index in [0.717, 1.165) is 5.69 Å². The molecule has 0 unspecified atom stereocenters. The first-order valence-corrected chi connectivity index (χ1v) is 7.40. The van der Waals surface area contributed by atoms with Crippen LogP contribution in [-0.2, 0) is 9.53 Å². The van der Waals surface area contributed by atoms with Gasteiger partial charge in [-0.25, -0.2) is 14.8 Å². The predicted octanol–water partition coefficient (Wildman–Crippen LogP) is 2.53. The van der Waals surface area contributed by atoms with Gasteiger partial charge in [-0.05, 0) is 19.1 Å². The minimum atomic E-state index is -1.03. The zero-order chi connectivity index (χ0) is 16.1. The number of ether oxygens (including phenoxy) is 1. The fourth-order valence-electron chi connectivity index (χ4n) is 1.57. The third-order valence-corrected chi connectivity index (χ3v) is 3.89. The summed E-state index contributed by atoms with van der Waals surface area (Å²) in [5.41, 5.74) is 0.910. The third kappa shape index (κ3) is 3.87. The summed E-state index contributed by atoms with van der Waals surface area (Å²) >= 11 is 6.84. The number of nitriles is 1. The Bertz CT molecular complexity index is 737. The molecule has 0 amide bonds. The predicted molar refractivity (Wildman–Crippen MR) is 79.7 cm³/mol. The maximum absolute atomic E-state index is 12.0. The molecule has 1 atom stereocenters. The summed E-state index contributed by atoms with van der Waals surface area (Å²) in [5.74, 6) is -2.26. The molecule has 0 saturated carbocycles. The van der Waals surface area contributed by atoms with Crippen LogP contribution in [0.5, 0.6) is 0 Å². The molecule has 0 radical (unpaired) electrons. The van der Waals surface area contributed by atoms with Gasteiger partial charge in [0.2, 0.25) is 0 Å². The van der Waals surface area contributed by atoms with E-state index in [9.17, 15) is 9.59 Å². The molecule has 0 aliphatic rings. The summed E-state index contributed by atoms with van der Waals surface area (Å²) in [6.45, 7) is 1.27. The number of hydrogen-bond acceptors (Lipinski definition) is 7. The standard InChI is InChI=1S/C14H10ClN3O3S/c1-8-7-22-13(18-8)10(4-16)11(19)6-21-14(20)9-2-3-12(15)17-5-9/h2-3,5,7,10H,6H2,1H3/t10-/m1/s1. The summed E-state index contributed by atoms with van der Waals surface area (Å²) in [4.78, 5) is 31.6. The molecule has 0 bridgehead atoms. The van der Waals surface area contributed by atoms with Crippen molar-refractivity contribution < 1.29 is 14.3 Å². The van der Waals surface area contributed by atoms with Gasteiger partial charge in [-0.15, -0.1) is 11.3 Å². The number of ketones is 1. The number of aryl methyl sites for hydroxylation is 1. The van der Waals surface area contributed by atoms with Gasteiger partial charge in [0.25, 0.3) is 0 Å². The summed E-state index contributed by atoms with van der Waals surface area (Å²) in [5, 5.41) is 11.5. The number of carbonyl (C=O) groups is 2. The first kappa shape index (κ1) is 16.1. The first-order chi connectivity index (χ1) is 10.5. The molecule has 2 aromatic heterocycles. The number of halogens is 1. The Labute approximate surface area is 135 Å². The number of nitrogens with zero attached hydrogens (tertiary/aromatic N) is 3. The molecular formula is C14H10ClN3O3S. The van der Waals surface area contributed by atoms with Gasteiger partial charge < -0.3 is 4.74 Å². The van der Waals surface area contributed by atoms with Crippen molar-refractivity contribution in [2.75, 3.05) is 6.61 Å².